The average molecular weight is 457 g/mol. The number of hydrogen-bond acceptors (Lipinski definition) is 5. The molecular weight excluding hydrogens is 438 g/mol. The highest BCUT2D eigenvalue weighted by molar-refractivity contribution is 5.93. The molecule has 35 heavy (non-hydrogen) atoms. The normalized spacial score (nSPS) is 11.7. The van der Waals surface area contributed by atoms with Gasteiger partial charge in [-0.3, -0.25) is 0 Å². The minimum Gasteiger partial charge on any atom is -0.493 e. The largest absolute Gasteiger partial charge is 0.493 e. The molecule has 0 radical (unpaired) electrons. The second-order valence-corrected chi connectivity index (χ2v) is 7.97. The lowest BCUT2D eigenvalue weighted by Gasteiger charge is -1.99. The van der Waals surface area contributed by atoms with Crippen LogP contribution in [-0.2, 0) is 0 Å². The smallest absolute Gasteiger partial charge is 0.176 e. The van der Waals surface area contributed by atoms with Gasteiger partial charge in [-0.05, 0) is 42.5 Å². The molecule has 3 aromatic heterocycles. The maximum absolute atomic E-state index is 9.99. The van der Waals surface area contributed by atoms with Crippen molar-refractivity contribution in [3.05, 3.63) is 96.4 Å². The van der Waals surface area contributed by atoms with Gasteiger partial charge >= 0.3 is 0 Å². The van der Waals surface area contributed by atoms with Gasteiger partial charge in [-0.25, -0.2) is 9.67 Å². The van der Waals surface area contributed by atoms with E-state index in [0.29, 0.717) is 34.2 Å². The van der Waals surface area contributed by atoms with Crippen molar-refractivity contribution in [2.75, 3.05) is 7.11 Å². The number of para-hydroxylation sites is 4. The Hall–Kier alpha value is -5.09. The fraction of sp³-hybridized carbons (Fsp3) is 0.0357. The average Bonchev–Trinajstić information content (AvgIpc) is 3.63. The van der Waals surface area contributed by atoms with Gasteiger partial charge in [0.2, 0.25) is 0 Å². The molecule has 1 N–H and O–H groups in total. The van der Waals surface area contributed by atoms with Crippen LogP contribution in [-0.4, -0.2) is 26.9 Å². The molecule has 168 valence electrons. The van der Waals surface area contributed by atoms with E-state index in [0.717, 1.165) is 27.7 Å². The number of fused-ring (bicyclic) bond motifs is 2. The number of furan rings is 1. The summed E-state index contributed by atoms with van der Waals surface area (Å²) >= 11 is 0. The van der Waals surface area contributed by atoms with Crippen molar-refractivity contribution in [3.8, 4) is 29.0 Å². The summed E-state index contributed by atoms with van der Waals surface area (Å²) in [5.74, 6) is 1.72. The van der Waals surface area contributed by atoms with Crippen LogP contribution in [0, 0.1) is 11.3 Å². The first kappa shape index (κ1) is 20.5. The van der Waals surface area contributed by atoms with E-state index in [4.69, 9.17) is 14.3 Å². The van der Waals surface area contributed by atoms with Gasteiger partial charge in [0.1, 0.15) is 17.6 Å². The van der Waals surface area contributed by atoms with E-state index in [2.05, 4.69) is 16.0 Å². The third kappa shape index (κ3) is 3.63. The van der Waals surface area contributed by atoms with Crippen molar-refractivity contribution in [1.29, 1.82) is 5.26 Å². The number of allylic oxidation sites excluding steroid dienone is 1. The summed E-state index contributed by atoms with van der Waals surface area (Å²) in [5.41, 5.74) is 4.93. The van der Waals surface area contributed by atoms with Gasteiger partial charge in [0.15, 0.2) is 17.1 Å². The molecule has 0 aliphatic rings. The Morgan fingerprint density at radius 2 is 1.89 bits per heavy atom. The maximum Gasteiger partial charge on any atom is 0.176 e. The second-order valence-electron chi connectivity index (χ2n) is 7.97. The van der Waals surface area contributed by atoms with Crippen molar-refractivity contribution < 1.29 is 9.15 Å². The number of methoxy groups -OCH3 is 1. The molecule has 3 aromatic carbocycles. The van der Waals surface area contributed by atoms with Crippen molar-refractivity contribution in [2.24, 2.45) is 0 Å². The highest BCUT2D eigenvalue weighted by Gasteiger charge is 2.18. The number of nitrogens with one attached hydrogen (secondary N) is 1. The minimum absolute atomic E-state index is 0.392. The zero-order valence-corrected chi connectivity index (χ0v) is 18.8. The lowest BCUT2D eigenvalue weighted by molar-refractivity contribution is 0.411. The Labute approximate surface area is 200 Å². The molecule has 0 saturated heterocycles. The lowest BCUT2D eigenvalue weighted by atomic mass is 10.1. The summed E-state index contributed by atoms with van der Waals surface area (Å²) in [6.45, 7) is 0. The highest BCUT2D eigenvalue weighted by atomic mass is 16.5. The summed E-state index contributed by atoms with van der Waals surface area (Å²) in [4.78, 5) is 7.82. The molecule has 3 heterocycles. The fourth-order valence-electron chi connectivity index (χ4n) is 4.10. The predicted molar refractivity (Wildman–Crippen MR) is 135 cm³/mol. The Bertz CT molecular complexity index is 1720. The molecule has 6 aromatic rings. The first-order valence-corrected chi connectivity index (χ1v) is 11.0. The number of ether oxygens (including phenoxy) is 1. The monoisotopic (exact) mass is 457 g/mol. The van der Waals surface area contributed by atoms with Crippen LogP contribution < -0.4 is 4.74 Å². The van der Waals surface area contributed by atoms with Crippen LogP contribution in [0.25, 0.3) is 50.8 Å². The van der Waals surface area contributed by atoms with E-state index < -0.39 is 0 Å². The van der Waals surface area contributed by atoms with Gasteiger partial charge < -0.3 is 14.1 Å². The topological polar surface area (TPSA) is 92.7 Å². The number of H-pyrrole nitrogens is 1. The fourth-order valence-corrected chi connectivity index (χ4v) is 4.10. The number of benzene rings is 3. The number of nitriles is 1. The Kier molecular flexibility index (Phi) is 4.90. The standard InChI is InChI=1S/C28H19N5O2/c1-34-24-13-7-8-18-15-25(35-27(18)24)26-20(17-33(32-26)21-9-3-2-4-10-21)14-19(16-29)28-30-22-11-5-6-12-23(22)31-28/h2-15,17H,1H3,(H,30,31)/b19-14-. The molecule has 7 heteroatoms. The minimum atomic E-state index is 0.392. The SMILES string of the molecule is COc1cccc2cc(-c3nn(-c4ccccc4)cc3/C=C(/C#N)c3nc4ccccc4[nH]3)oc12. The number of rotatable bonds is 5. The van der Waals surface area contributed by atoms with Crippen LogP contribution in [0.1, 0.15) is 11.4 Å². The second kappa shape index (κ2) is 8.36. The summed E-state index contributed by atoms with van der Waals surface area (Å²) in [7, 11) is 1.61. The first-order chi connectivity index (χ1) is 17.2. The molecule has 0 aliphatic heterocycles. The van der Waals surface area contributed by atoms with E-state index in [-0.39, 0.29) is 0 Å². The summed E-state index contributed by atoms with van der Waals surface area (Å²) in [5, 5.41) is 15.7. The van der Waals surface area contributed by atoms with Gasteiger partial charge in [0, 0.05) is 17.1 Å². The molecule has 0 fully saturated rings. The quantitative estimate of drug-likeness (QED) is 0.310. The molecule has 0 amide bonds. The van der Waals surface area contributed by atoms with E-state index in [1.807, 2.05) is 85.1 Å². The molecular formula is C28H19N5O2. The van der Waals surface area contributed by atoms with Crippen LogP contribution in [0.5, 0.6) is 5.75 Å². The molecule has 0 saturated carbocycles. The van der Waals surface area contributed by atoms with E-state index in [1.165, 1.54) is 0 Å². The number of aromatic nitrogens is 4. The molecule has 7 nitrogen and oxygen atoms in total. The molecule has 0 unspecified atom stereocenters. The van der Waals surface area contributed by atoms with Crippen molar-refractivity contribution in [3.63, 3.8) is 0 Å². The van der Waals surface area contributed by atoms with Crippen molar-refractivity contribution >= 4 is 33.7 Å². The van der Waals surface area contributed by atoms with Crippen molar-refractivity contribution in [1.82, 2.24) is 19.7 Å². The summed E-state index contributed by atoms with van der Waals surface area (Å²) in [6.07, 6.45) is 3.67. The van der Waals surface area contributed by atoms with Gasteiger partial charge in [-0.2, -0.15) is 10.4 Å². The van der Waals surface area contributed by atoms with E-state index in [9.17, 15) is 5.26 Å². The maximum atomic E-state index is 9.99. The summed E-state index contributed by atoms with van der Waals surface area (Å²) in [6, 6.07) is 27.4. The Balaban J connectivity index is 1.54. The van der Waals surface area contributed by atoms with E-state index in [1.54, 1.807) is 17.9 Å². The van der Waals surface area contributed by atoms with Gasteiger partial charge in [-0.1, -0.05) is 42.5 Å². The molecule has 6 rings (SSSR count). The van der Waals surface area contributed by atoms with Crippen molar-refractivity contribution in [2.45, 2.75) is 0 Å². The Morgan fingerprint density at radius 3 is 2.69 bits per heavy atom. The number of imidazole rings is 1. The molecule has 0 aliphatic carbocycles. The summed E-state index contributed by atoms with van der Waals surface area (Å²) < 4.78 is 13.4. The highest BCUT2D eigenvalue weighted by Crippen LogP contribution is 2.35. The Morgan fingerprint density at radius 1 is 1.06 bits per heavy atom. The molecule has 0 spiro atoms. The first-order valence-electron chi connectivity index (χ1n) is 11.0. The zero-order chi connectivity index (χ0) is 23.8. The lowest BCUT2D eigenvalue weighted by Crippen LogP contribution is -1.93. The molecule has 0 bridgehead atoms. The van der Waals surface area contributed by atoms with E-state index >= 15 is 0 Å². The number of nitrogens with zero attached hydrogens (tertiary/aromatic N) is 4. The van der Waals surface area contributed by atoms with Crippen LogP contribution in [0.15, 0.2) is 89.5 Å². The zero-order valence-electron chi connectivity index (χ0n) is 18.8. The third-order valence-electron chi connectivity index (χ3n) is 5.79. The van der Waals surface area contributed by atoms with Crippen LogP contribution in [0.4, 0.5) is 0 Å². The van der Waals surface area contributed by atoms with Gasteiger partial charge in [0.05, 0.1) is 29.4 Å². The van der Waals surface area contributed by atoms with Crippen LogP contribution in [0.3, 0.4) is 0 Å². The molecule has 0 atom stereocenters. The van der Waals surface area contributed by atoms with Gasteiger partial charge in [0.25, 0.3) is 0 Å². The number of aromatic amines is 1. The van der Waals surface area contributed by atoms with Gasteiger partial charge in [-0.15, -0.1) is 0 Å². The van der Waals surface area contributed by atoms with Crippen LogP contribution >= 0.6 is 0 Å². The predicted octanol–water partition coefficient (Wildman–Crippen LogP) is 6.23. The van der Waals surface area contributed by atoms with Crippen LogP contribution in [0.2, 0.25) is 0 Å². The number of hydrogen-bond donors (Lipinski definition) is 1. The third-order valence-corrected chi connectivity index (χ3v) is 5.79.